The zero-order chi connectivity index (χ0) is 16.5. The van der Waals surface area contributed by atoms with E-state index in [1.807, 2.05) is 66.2 Å². The Morgan fingerprint density at radius 2 is 1.83 bits per heavy atom. The Kier molecular flexibility index (Phi) is 3.42. The fraction of sp³-hybridized carbons (Fsp3) is 0.111. The van der Waals surface area contributed by atoms with Crippen LogP contribution in [-0.4, -0.2) is 19.7 Å². The third-order valence-electron chi connectivity index (χ3n) is 4.01. The number of aromatic amines is 1. The number of nitrogens with two attached hydrogens (primary N) is 1. The Hall–Kier alpha value is -3.28. The van der Waals surface area contributed by atoms with Gasteiger partial charge in [-0.1, -0.05) is 30.3 Å². The maximum Gasteiger partial charge on any atom is 0.156 e. The largest absolute Gasteiger partial charge is 0.487 e. The van der Waals surface area contributed by atoms with E-state index in [0.717, 1.165) is 33.9 Å². The highest BCUT2D eigenvalue weighted by molar-refractivity contribution is 5.83. The first-order valence-corrected chi connectivity index (χ1v) is 7.66. The minimum absolute atomic E-state index is 0.340. The fourth-order valence-corrected chi connectivity index (χ4v) is 2.79. The molecule has 0 saturated carbocycles. The zero-order valence-corrected chi connectivity index (χ0v) is 13.2. The summed E-state index contributed by atoms with van der Waals surface area (Å²) in [6.07, 6.45) is 0. The minimum atomic E-state index is 0.340. The number of benzene rings is 2. The van der Waals surface area contributed by atoms with Crippen molar-refractivity contribution in [2.45, 2.75) is 6.61 Å². The van der Waals surface area contributed by atoms with Gasteiger partial charge in [-0.15, -0.1) is 0 Å². The van der Waals surface area contributed by atoms with Crippen LogP contribution in [0.25, 0.3) is 22.4 Å². The Labute approximate surface area is 138 Å². The Morgan fingerprint density at radius 1 is 1.08 bits per heavy atom. The van der Waals surface area contributed by atoms with Crippen molar-refractivity contribution in [2.24, 2.45) is 7.05 Å². The molecule has 0 aliphatic rings. The summed E-state index contributed by atoms with van der Waals surface area (Å²) in [6, 6.07) is 17.6. The van der Waals surface area contributed by atoms with Crippen molar-refractivity contribution >= 4 is 16.9 Å². The molecule has 0 unspecified atom stereocenters. The van der Waals surface area contributed by atoms with Crippen LogP contribution in [0.2, 0.25) is 0 Å². The first kappa shape index (κ1) is 14.3. The zero-order valence-electron chi connectivity index (χ0n) is 13.2. The third kappa shape index (κ3) is 2.38. The van der Waals surface area contributed by atoms with Crippen LogP contribution in [0.5, 0.6) is 5.75 Å². The molecular weight excluding hydrogens is 302 g/mol. The van der Waals surface area contributed by atoms with Gasteiger partial charge in [0, 0.05) is 7.05 Å². The number of rotatable bonds is 4. The van der Waals surface area contributed by atoms with Crippen LogP contribution in [0.15, 0.2) is 54.6 Å². The number of anilines is 1. The lowest BCUT2D eigenvalue weighted by atomic mass is 10.2. The molecule has 2 aromatic heterocycles. The molecule has 24 heavy (non-hydrogen) atoms. The number of nitrogens with zero attached hydrogens (tertiary/aromatic N) is 3. The van der Waals surface area contributed by atoms with Crippen molar-refractivity contribution in [1.29, 1.82) is 0 Å². The Bertz CT molecular complexity index is 987. The van der Waals surface area contributed by atoms with E-state index in [0.29, 0.717) is 12.4 Å². The summed E-state index contributed by atoms with van der Waals surface area (Å²) in [5.74, 6) is 1.98. The number of H-pyrrole nitrogens is 1. The van der Waals surface area contributed by atoms with Gasteiger partial charge in [0.15, 0.2) is 5.82 Å². The van der Waals surface area contributed by atoms with Gasteiger partial charge in [-0.05, 0) is 24.3 Å². The predicted molar refractivity (Wildman–Crippen MR) is 93.5 cm³/mol. The maximum atomic E-state index is 6.08. The lowest BCUT2D eigenvalue weighted by Gasteiger charge is -2.07. The van der Waals surface area contributed by atoms with Crippen LogP contribution in [0, 0.1) is 0 Å². The van der Waals surface area contributed by atoms with E-state index < -0.39 is 0 Å². The number of aryl methyl sites for hydroxylation is 1. The first-order chi connectivity index (χ1) is 11.7. The molecule has 2 aromatic carbocycles. The van der Waals surface area contributed by atoms with Crippen molar-refractivity contribution in [2.75, 3.05) is 5.73 Å². The number of hydrogen-bond acceptors (Lipinski definition) is 4. The first-order valence-electron chi connectivity index (χ1n) is 7.66. The lowest BCUT2D eigenvalue weighted by molar-refractivity contribution is 0.301. The molecule has 0 atom stereocenters. The molecular formula is C18H17N5O. The van der Waals surface area contributed by atoms with Crippen LogP contribution in [0.4, 0.5) is 5.82 Å². The van der Waals surface area contributed by atoms with Crippen LogP contribution in [0.3, 0.4) is 0 Å². The van der Waals surface area contributed by atoms with Gasteiger partial charge < -0.3 is 15.0 Å². The second-order valence-electron chi connectivity index (χ2n) is 5.55. The summed E-state index contributed by atoms with van der Waals surface area (Å²) in [6.45, 7) is 0.340. The Morgan fingerprint density at radius 3 is 2.62 bits per heavy atom. The van der Waals surface area contributed by atoms with Crippen molar-refractivity contribution in [3.63, 3.8) is 0 Å². The summed E-state index contributed by atoms with van der Waals surface area (Å²) in [7, 11) is 1.97. The molecule has 6 heteroatoms. The monoisotopic (exact) mass is 319 g/mol. The number of nitrogen functional groups attached to an aromatic ring is 1. The summed E-state index contributed by atoms with van der Waals surface area (Å²) >= 11 is 0. The number of hydrogen-bond donors (Lipinski definition) is 2. The van der Waals surface area contributed by atoms with Gasteiger partial charge in [-0.2, -0.15) is 5.10 Å². The number of fused-ring (bicyclic) bond motifs is 1. The summed E-state index contributed by atoms with van der Waals surface area (Å²) < 4.78 is 7.83. The normalized spacial score (nSPS) is 11.0. The van der Waals surface area contributed by atoms with E-state index in [2.05, 4.69) is 10.2 Å². The number of nitrogens with one attached hydrogen (secondary N) is 1. The van der Waals surface area contributed by atoms with Crippen molar-refractivity contribution in [3.05, 3.63) is 60.3 Å². The van der Waals surface area contributed by atoms with Gasteiger partial charge in [0.2, 0.25) is 0 Å². The number of imidazole rings is 1. The van der Waals surface area contributed by atoms with Gasteiger partial charge in [-0.25, -0.2) is 4.98 Å². The van der Waals surface area contributed by atoms with E-state index >= 15 is 0 Å². The minimum Gasteiger partial charge on any atom is -0.487 e. The van der Waals surface area contributed by atoms with Gasteiger partial charge in [-0.3, -0.25) is 5.10 Å². The predicted octanol–water partition coefficient (Wildman–Crippen LogP) is 3.12. The Balaban J connectivity index is 1.72. The molecule has 0 amide bonds. The molecule has 6 nitrogen and oxygen atoms in total. The lowest BCUT2D eigenvalue weighted by Crippen LogP contribution is -2.01. The molecule has 0 spiro atoms. The molecule has 2 heterocycles. The summed E-state index contributed by atoms with van der Waals surface area (Å²) in [5, 5.41) is 7.10. The van der Waals surface area contributed by atoms with Gasteiger partial charge >= 0.3 is 0 Å². The van der Waals surface area contributed by atoms with E-state index in [9.17, 15) is 0 Å². The van der Waals surface area contributed by atoms with Crippen LogP contribution < -0.4 is 10.5 Å². The average molecular weight is 319 g/mol. The maximum absolute atomic E-state index is 6.08. The van der Waals surface area contributed by atoms with E-state index in [1.54, 1.807) is 0 Å². The van der Waals surface area contributed by atoms with Gasteiger partial charge in [0.1, 0.15) is 18.2 Å². The average Bonchev–Trinajstić information content (AvgIpc) is 3.14. The second kappa shape index (κ2) is 5.73. The number of aromatic nitrogens is 4. The van der Waals surface area contributed by atoms with Crippen molar-refractivity contribution < 1.29 is 4.74 Å². The van der Waals surface area contributed by atoms with Crippen LogP contribution in [0.1, 0.15) is 5.69 Å². The highest BCUT2D eigenvalue weighted by atomic mass is 16.5. The van der Waals surface area contributed by atoms with Crippen LogP contribution >= 0.6 is 0 Å². The van der Waals surface area contributed by atoms with E-state index in [4.69, 9.17) is 15.5 Å². The molecule has 0 fully saturated rings. The topological polar surface area (TPSA) is 81.8 Å². The van der Waals surface area contributed by atoms with Crippen molar-refractivity contribution in [3.8, 4) is 17.1 Å². The molecule has 0 radical (unpaired) electrons. The van der Waals surface area contributed by atoms with E-state index in [-0.39, 0.29) is 0 Å². The van der Waals surface area contributed by atoms with Gasteiger partial charge in [0.25, 0.3) is 0 Å². The smallest absolute Gasteiger partial charge is 0.156 e. The molecule has 3 N–H and O–H groups in total. The quantitative estimate of drug-likeness (QED) is 0.605. The standard InChI is InChI=1S/C18H17N5O/c1-23-15-10-6-5-9-13(15)20-18(23)16-14(21-22-17(16)19)11-24-12-7-3-2-4-8-12/h2-10H,11H2,1H3,(H3,19,21,22). The molecule has 0 saturated heterocycles. The highest BCUT2D eigenvalue weighted by Gasteiger charge is 2.19. The number of para-hydroxylation sites is 3. The molecule has 4 aromatic rings. The third-order valence-corrected chi connectivity index (χ3v) is 4.01. The van der Waals surface area contributed by atoms with E-state index in [1.165, 1.54) is 0 Å². The van der Waals surface area contributed by atoms with Crippen LogP contribution in [-0.2, 0) is 13.7 Å². The molecule has 0 aliphatic carbocycles. The molecule has 4 rings (SSSR count). The molecule has 0 aliphatic heterocycles. The van der Waals surface area contributed by atoms with Crippen molar-refractivity contribution in [1.82, 2.24) is 19.7 Å². The summed E-state index contributed by atoms with van der Waals surface area (Å²) in [4.78, 5) is 4.70. The number of ether oxygens (including phenoxy) is 1. The highest BCUT2D eigenvalue weighted by Crippen LogP contribution is 2.30. The summed E-state index contributed by atoms with van der Waals surface area (Å²) in [5.41, 5.74) is 9.63. The molecule has 0 bridgehead atoms. The molecule has 120 valence electrons. The second-order valence-corrected chi connectivity index (χ2v) is 5.55. The fourth-order valence-electron chi connectivity index (χ4n) is 2.79. The SMILES string of the molecule is Cn1c(-c2c(N)n[nH]c2COc2ccccc2)nc2ccccc21. The van der Waals surface area contributed by atoms with Gasteiger partial charge in [0.05, 0.1) is 22.3 Å².